The largest absolute Gasteiger partial charge is 0.394 e. The van der Waals surface area contributed by atoms with E-state index in [1.165, 1.54) is 0 Å². The second-order valence-corrected chi connectivity index (χ2v) is 4.12. The summed E-state index contributed by atoms with van der Waals surface area (Å²) in [5.74, 6) is -0.302. The first-order valence-corrected chi connectivity index (χ1v) is 5.09. The first kappa shape index (κ1) is 11.6. The van der Waals surface area contributed by atoms with Crippen LogP contribution in [0, 0.1) is 19.7 Å². The number of benzene rings is 1. The maximum absolute atomic E-state index is 13.6. The van der Waals surface area contributed by atoms with Gasteiger partial charge in [-0.2, -0.15) is 0 Å². The first-order valence-electron chi connectivity index (χ1n) is 4.30. The number of rotatable bonds is 2. The SMILES string of the molecule is Cc1cc(C(N)CO)c(C)c(F)c1Br. The maximum atomic E-state index is 13.6. The van der Waals surface area contributed by atoms with Crippen molar-refractivity contribution in [3.05, 3.63) is 33.0 Å². The molecule has 0 aliphatic rings. The highest BCUT2D eigenvalue weighted by molar-refractivity contribution is 9.10. The predicted molar refractivity (Wildman–Crippen MR) is 57.6 cm³/mol. The van der Waals surface area contributed by atoms with E-state index >= 15 is 0 Å². The lowest BCUT2D eigenvalue weighted by molar-refractivity contribution is 0.267. The highest BCUT2D eigenvalue weighted by Crippen LogP contribution is 2.28. The molecule has 0 heterocycles. The van der Waals surface area contributed by atoms with E-state index in [0.717, 1.165) is 5.56 Å². The Morgan fingerprint density at radius 1 is 1.57 bits per heavy atom. The van der Waals surface area contributed by atoms with Crippen LogP contribution in [0.5, 0.6) is 0 Å². The van der Waals surface area contributed by atoms with Crippen molar-refractivity contribution in [1.82, 2.24) is 0 Å². The Kier molecular flexibility index (Phi) is 3.64. The summed E-state index contributed by atoms with van der Waals surface area (Å²) < 4.78 is 14.0. The summed E-state index contributed by atoms with van der Waals surface area (Å²) in [7, 11) is 0. The normalized spacial score (nSPS) is 13.0. The summed E-state index contributed by atoms with van der Waals surface area (Å²) in [5, 5.41) is 8.90. The fraction of sp³-hybridized carbons (Fsp3) is 0.400. The number of hydrogen-bond donors (Lipinski definition) is 2. The molecule has 3 N–H and O–H groups in total. The summed E-state index contributed by atoms with van der Waals surface area (Å²) >= 11 is 3.16. The molecule has 0 saturated carbocycles. The van der Waals surface area contributed by atoms with Crippen molar-refractivity contribution in [2.75, 3.05) is 6.61 Å². The van der Waals surface area contributed by atoms with Crippen LogP contribution >= 0.6 is 15.9 Å². The van der Waals surface area contributed by atoms with Gasteiger partial charge in [-0.1, -0.05) is 6.07 Å². The van der Waals surface area contributed by atoms with Crippen molar-refractivity contribution in [2.24, 2.45) is 5.73 Å². The number of aliphatic hydroxyl groups excluding tert-OH is 1. The van der Waals surface area contributed by atoms with Gasteiger partial charge in [0, 0.05) is 0 Å². The third kappa shape index (κ3) is 1.97. The van der Waals surface area contributed by atoms with Crippen LogP contribution in [0.3, 0.4) is 0 Å². The Morgan fingerprint density at radius 3 is 2.64 bits per heavy atom. The van der Waals surface area contributed by atoms with Gasteiger partial charge < -0.3 is 10.8 Å². The van der Waals surface area contributed by atoms with E-state index < -0.39 is 6.04 Å². The first-order chi connectivity index (χ1) is 6.49. The molecular weight excluding hydrogens is 249 g/mol. The molecule has 1 rings (SSSR count). The van der Waals surface area contributed by atoms with E-state index in [1.807, 2.05) is 0 Å². The minimum atomic E-state index is -0.517. The average Bonchev–Trinajstić information content (AvgIpc) is 2.19. The van der Waals surface area contributed by atoms with Crippen molar-refractivity contribution in [3.8, 4) is 0 Å². The topological polar surface area (TPSA) is 46.2 Å². The van der Waals surface area contributed by atoms with Crippen LogP contribution in [-0.4, -0.2) is 11.7 Å². The Morgan fingerprint density at radius 2 is 2.14 bits per heavy atom. The lowest BCUT2D eigenvalue weighted by Gasteiger charge is -2.15. The second-order valence-electron chi connectivity index (χ2n) is 3.32. The lowest BCUT2D eigenvalue weighted by atomic mass is 9.99. The van der Waals surface area contributed by atoms with Crippen molar-refractivity contribution in [3.63, 3.8) is 0 Å². The second kappa shape index (κ2) is 4.38. The molecule has 0 aliphatic heterocycles. The van der Waals surface area contributed by atoms with Crippen molar-refractivity contribution < 1.29 is 9.50 Å². The number of aryl methyl sites for hydroxylation is 1. The molecule has 0 aromatic heterocycles. The summed E-state index contributed by atoms with van der Waals surface area (Å²) in [5.41, 5.74) is 7.58. The predicted octanol–water partition coefficient (Wildman–Crippen LogP) is 2.20. The van der Waals surface area contributed by atoms with Gasteiger partial charge in [0.05, 0.1) is 17.1 Å². The molecule has 1 unspecified atom stereocenters. The monoisotopic (exact) mass is 261 g/mol. The van der Waals surface area contributed by atoms with Gasteiger partial charge in [-0.25, -0.2) is 4.39 Å². The standard InChI is InChI=1S/C10H13BrFNO/c1-5-3-7(8(13)4-14)6(2)10(12)9(5)11/h3,8,14H,4,13H2,1-2H3. The molecule has 1 aromatic rings. The lowest BCUT2D eigenvalue weighted by Crippen LogP contribution is -2.16. The van der Waals surface area contributed by atoms with Gasteiger partial charge >= 0.3 is 0 Å². The van der Waals surface area contributed by atoms with Crippen LogP contribution in [0.2, 0.25) is 0 Å². The number of hydrogen-bond acceptors (Lipinski definition) is 2. The van der Waals surface area contributed by atoms with E-state index in [-0.39, 0.29) is 12.4 Å². The molecule has 0 saturated heterocycles. The molecule has 0 bridgehead atoms. The van der Waals surface area contributed by atoms with E-state index in [1.54, 1.807) is 19.9 Å². The fourth-order valence-corrected chi connectivity index (χ4v) is 1.76. The molecule has 0 amide bonds. The highest BCUT2D eigenvalue weighted by Gasteiger charge is 2.15. The van der Waals surface area contributed by atoms with Crippen molar-refractivity contribution >= 4 is 15.9 Å². The zero-order chi connectivity index (χ0) is 10.9. The summed E-state index contributed by atoms with van der Waals surface area (Å²) in [4.78, 5) is 0. The van der Waals surface area contributed by atoms with Gasteiger partial charge in [-0.3, -0.25) is 0 Å². The molecule has 0 radical (unpaired) electrons. The minimum Gasteiger partial charge on any atom is -0.394 e. The molecule has 1 atom stereocenters. The van der Waals surface area contributed by atoms with Crippen LogP contribution in [0.25, 0.3) is 0 Å². The van der Waals surface area contributed by atoms with Crippen molar-refractivity contribution in [1.29, 1.82) is 0 Å². The Hall–Kier alpha value is -0.450. The zero-order valence-corrected chi connectivity index (χ0v) is 9.73. The van der Waals surface area contributed by atoms with Crippen LogP contribution in [-0.2, 0) is 0 Å². The number of nitrogens with two attached hydrogens (primary N) is 1. The molecular formula is C10H13BrFNO. The minimum absolute atomic E-state index is 0.179. The van der Waals surface area contributed by atoms with E-state index in [0.29, 0.717) is 15.6 Å². The molecule has 0 spiro atoms. The van der Waals surface area contributed by atoms with Crippen LogP contribution < -0.4 is 5.73 Å². The maximum Gasteiger partial charge on any atom is 0.140 e. The molecule has 78 valence electrons. The average molecular weight is 262 g/mol. The Bertz CT molecular complexity index is 354. The summed E-state index contributed by atoms with van der Waals surface area (Å²) in [6.07, 6.45) is 0. The van der Waals surface area contributed by atoms with Gasteiger partial charge in [-0.05, 0) is 46.5 Å². The van der Waals surface area contributed by atoms with E-state index in [2.05, 4.69) is 15.9 Å². The third-order valence-electron chi connectivity index (χ3n) is 2.27. The van der Waals surface area contributed by atoms with Crippen LogP contribution in [0.4, 0.5) is 4.39 Å². The zero-order valence-electron chi connectivity index (χ0n) is 8.14. The van der Waals surface area contributed by atoms with Crippen LogP contribution in [0.15, 0.2) is 10.5 Å². The van der Waals surface area contributed by atoms with Crippen LogP contribution in [0.1, 0.15) is 22.7 Å². The molecule has 2 nitrogen and oxygen atoms in total. The molecule has 0 fully saturated rings. The smallest absolute Gasteiger partial charge is 0.140 e. The summed E-state index contributed by atoms with van der Waals surface area (Å²) in [6.45, 7) is 3.27. The Balaban J connectivity index is 3.33. The van der Waals surface area contributed by atoms with Crippen molar-refractivity contribution in [2.45, 2.75) is 19.9 Å². The molecule has 14 heavy (non-hydrogen) atoms. The fourth-order valence-electron chi connectivity index (χ4n) is 1.35. The van der Waals surface area contributed by atoms with Gasteiger partial charge in [0.1, 0.15) is 5.82 Å². The van der Waals surface area contributed by atoms with E-state index in [9.17, 15) is 4.39 Å². The summed E-state index contributed by atoms with van der Waals surface area (Å²) in [6, 6.07) is 1.28. The molecule has 0 aliphatic carbocycles. The quantitative estimate of drug-likeness (QED) is 0.858. The van der Waals surface area contributed by atoms with Gasteiger partial charge in [0.25, 0.3) is 0 Å². The Labute approximate surface area is 91.1 Å². The number of halogens is 2. The van der Waals surface area contributed by atoms with Gasteiger partial charge in [0.15, 0.2) is 0 Å². The highest BCUT2D eigenvalue weighted by atomic mass is 79.9. The third-order valence-corrected chi connectivity index (χ3v) is 3.24. The molecule has 4 heteroatoms. The van der Waals surface area contributed by atoms with E-state index in [4.69, 9.17) is 10.8 Å². The number of aliphatic hydroxyl groups is 1. The molecule has 1 aromatic carbocycles. The van der Waals surface area contributed by atoms with Gasteiger partial charge in [0.2, 0.25) is 0 Å². The van der Waals surface area contributed by atoms with Gasteiger partial charge in [-0.15, -0.1) is 0 Å².